The third-order valence-electron chi connectivity index (χ3n) is 4.69. The van der Waals surface area contributed by atoms with Crippen molar-refractivity contribution in [1.29, 1.82) is 0 Å². The SMILES string of the molecule is N[C@@H]1CCC[C@@H]1C(=O)N[C@@H]1CCN(c2ccc(F)cc2F)C1. The van der Waals surface area contributed by atoms with Crippen molar-refractivity contribution in [2.24, 2.45) is 11.7 Å². The number of hydrogen-bond donors (Lipinski definition) is 2. The second kappa shape index (κ2) is 6.20. The van der Waals surface area contributed by atoms with Gasteiger partial charge in [0, 0.05) is 31.2 Å². The van der Waals surface area contributed by atoms with Crippen molar-refractivity contribution in [2.45, 2.75) is 37.8 Å². The summed E-state index contributed by atoms with van der Waals surface area (Å²) < 4.78 is 26.8. The van der Waals surface area contributed by atoms with Crippen LogP contribution in [0.2, 0.25) is 0 Å². The number of amides is 1. The maximum atomic E-state index is 13.8. The van der Waals surface area contributed by atoms with Gasteiger partial charge < -0.3 is 16.0 Å². The van der Waals surface area contributed by atoms with Crippen LogP contribution in [-0.2, 0) is 4.79 Å². The smallest absolute Gasteiger partial charge is 0.224 e. The van der Waals surface area contributed by atoms with Gasteiger partial charge in [0.15, 0.2) is 0 Å². The van der Waals surface area contributed by atoms with Crippen LogP contribution in [0.5, 0.6) is 0 Å². The molecule has 1 heterocycles. The molecule has 1 aliphatic heterocycles. The van der Waals surface area contributed by atoms with Crippen molar-refractivity contribution in [1.82, 2.24) is 5.32 Å². The van der Waals surface area contributed by atoms with Crippen LogP contribution in [0.25, 0.3) is 0 Å². The Balaban J connectivity index is 1.59. The van der Waals surface area contributed by atoms with Crippen LogP contribution in [0, 0.1) is 17.6 Å². The molecule has 1 amide bonds. The van der Waals surface area contributed by atoms with Crippen LogP contribution >= 0.6 is 0 Å². The van der Waals surface area contributed by atoms with Crippen molar-refractivity contribution in [3.8, 4) is 0 Å². The topological polar surface area (TPSA) is 58.4 Å². The van der Waals surface area contributed by atoms with Crippen molar-refractivity contribution < 1.29 is 13.6 Å². The van der Waals surface area contributed by atoms with Crippen molar-refractivity contribution in [3.05, 3.63) is 29.8 Å². The molecule has 22 heavy (non-hydrogen) atoms. The lowest BCUT2D eigenvalue weighted by Crippen LogP contribution is -2.44. The Morgan fingerprint density at radius 1 is 1.27 bits per heavy atom. The highest BCUT2D eigenvalue weighted by atomic mass is 19.1. The summed E-state index contributed by atoms with van der Waals surface area (Å²) in [6.07, 6.45) is 3.49. The van der Waals surface area contributed by atoms with Crippen LogP contribution in [0.1, 0.15) is 25.7 Å². The molecular weight excluding hydrogens is 288 g/mol. The molecule has 3 N–H and O–H groups in total. The minimum absolute atomic E-state index is 0.00949. The number of carbonyl (C=O) groups is 1. The van der Waals surface area contributed by atoms with Crippen LogP contribution < -0.4 is 16.0 Å². The number of nitrogens with one attached hydrogen (secondary N) is 1. The van der Waals surface area contributed by atoms with E-state index in [-0.39, 0.29) is 23.9 Å². The highest BCUT2D eigenvalue weighted by Crippen LogP contribution is 2.26. The first-order valence-corrected chi connectivity index (χ1v) is 7.80. The van der Waals surface area contributed by atoms with E-state index in [1.165, 1.54) is 12.1 Å². The predicted molar refractivity (Wildman–Crippen MR) is 80.4 cm³/mol. The van der Waals surface area contributed by atoms with Crippen molar-refractivity contribution in [2.75, 3.05) is 18.0 Å². The molecule has 1 aromatic carbocycles. The van der Waals surface area contributed by atoms with Crippen molar-refractivity contribution >= 4 is 11.6 Å². The standard InChI is InChI=1S/C16H21F2N3O/c17-10-4-5-15(13(18)8-10)21-7-6-11(9-21)20-16(22)12-2-1-3-14(12)19/h4-5,8,11-12,14H,1-3,6-7,9,19H2,(H,20,22)/t11-,12+,14-/m1/s1. The number of halogens is 2. The molecule has 1 saturated carbocycles. The first kappa shape index (κ1) is 15.2. The van der Waals surface area contributed by atoms with Crippen molar-refractivity contribution in [3.63, 3.8) is 0 Å². The number of hydrogen-bond acceptors (Lipinski definition) is 3. The summed E-state index contributed by atoms with van der Waals surface area (Å²) in [5, 5.41) is 3.02. The lowest BCUT2D eigenvalue weighted by atomic mass is 10.0. The van der Waals surface area contributed by atoms with E-state index in [0.29, 0.717) is 18.8 Å². The summed E-state index contributed by atoms with van der Waals surface area (Å²) in [5.74, 6) is -1.24. The molecule has 0 bridgehead atoms. The lowest BCUT2D eigenvalue weighted by molar-refractivity contribution is -0.125. The third-order valence-corrected chi connectivity index (χ3v) is 4.69. The maximum Gasteiger partial charge on any atom is 0.224 e. The quantitative estimate of drug-likeness (QED) is 0.895. The van der Waals surface area contributed by atoms with E-state index in [1.807, 2.05) is 4.90 Å². The molecule has 4 nitrogen and oxygen atoms in total. The lowest BCUT2D eigenvalue weighted by Gasteiger charge is -2.21. The Morgan fingerprint density at radius 2 is 2.09 bits per heavy atom. The fourth-order valence-electron chi connectivity index (χ4n) is 3.46. The normalized spacial score (nSPS) is 28.1. The van der Waals surface area contributed by atoms with Crippen LogP contribution in [0.3, 0.4) is 0 Å². The number of nitrogens with zero attached hydrogens (tertiary/aromatic N) is 1. The maximum absolute atomic E-state index is 13.8. The Hall–Kier alpha value is -1.69. The van der Waals surface area contributed by atoms with E-state index in [2.05, 4.69) is 5.32 Å². The Labute approximate surface area is 128 Å². The average molecular weight is 309 g/mol. The zero-order valence-corrected chi connectivity index (χ0v) is 12.4. The third kappa shape index (κ3) is 3.06. The van der Waals surface area contributed by atoms with Crippen LogP contribution in [0.4, 0.5) is 14.5 Å². The highest BCUT2D eigenvalue weighted by molar-refractivity contribution is 5.80. The average Bonchev–Trinajstić information content (AvgIpc) is 3.08. The van der Waals surface area contributed by atoms with Gasteiger partial charge in [0.2, 0.25) is 5.91 Å². The molecule has 2 aliphatic rings. The van der Waals surface area contributed by atoms with E-state index in [0.717, 1.165) is 31.7 Å². The Morgan fingerprint density at radius 3 is 2.77 bits per heavy atom. The van der Waals surface area contributed by atoms with E-state index in [4.69, 9.17) is 5.73 Å². The van der Waals surface area contributed by atoms with Gasteiger partial charge in [-0.1, -0.05) is 6.42 Å². The second-order valence-electron chi connectivity index (χ2n) is 6.24. The molecule has 1 saturated heterocycles. The number of rotatable bonds is 3. The fraction of sp³-hybridized carbons (Fsp3) is 0.562. The number of carbonyl (C=O) groups excluding carboxylic acids is 1. The van der Waals surface area contributed by atoms with Gasteiger partial charge in [-0.15, -0.1) is 0 Å². The van der Waals surface area contributed by atoms with Gasteiger partial charge >= 0.3 is 0 Å². The van der Waals surface area contributed by atoms with Crippen LogP contribution in [-0.4, -0.2) is 31.1 Å². The molecule has 0 radical (unpaired) electrons. The molecule has 2 fully saturated rings. The highest BCUT2D eigenvalue weighted by Gasteiger charge is 2.33. The molecule has 120 valence electrons. The predicted octanol–water partition coefficient (Wildman–Crippen LogP) is 1.79. The fourth-order valence-corrected chi connectivity index (χ4v) is 3.46. The van der Waals surface area contributed by atoms with E-state index in [9.17, 15) is 13.6 Å². The molecule has 1 aliphatic carbocycles. The zero-order valence-electron chi connectivity index (χ0n) is 12.4. The first-order chi connectivity index (χ1) is 10.5. The molecule has 3 atom stereocenters. The molecule has 0 unspecified atom stereocenters. The van der Waals surface area contributed by atoms with Gasteiger partial charge in [0.25, 0.3) is 0 Å². The minimum Gasteiger partial charge on any atom is -0.367 e. The van der Waals surface area contributed by atoms with E-state index < -0.39 is 11.6 Å². The molecule has 0 aromatic heterocycles. The van der Waals surface area contributed by atoms with Gasteiger partial charge in [-0.05, 0) is 31.4 Å². The number of benzene rings is 1. The molecule has 0 spiro atoms. The van der Waals surface area contributed by atoms with E-state index >= 15 is 0 Å². The molecule has 3 rings (SSSR count). The Kier molecular flexibility index (Phi) is 4.29. The number of anilines is 1. The van der Waals surface area contributed by atoms with Gasteiger partial charge in [0.05, 0.1) is 11.6 Å². The number of nitrogens with two attached hydrogens (primary N) is 1. The van der Waals surface area contributed by atoms with E-state index in [1.54, 1.807) is 0 Å². The second-order valence-corrected chi connectivity index (χ2v) is 6.24. The summed E-state index contributed by atoms with van der Waals surface area (Å²) in [7, 11) is 0. The monoisotopic (exact) mass is 309 g/mol. The zero-order chi connectivity index (χ0) is 15.7. The van der Waals surface area contributed by atoms with Gasteiger partial charge in [0.1, 0.15) is 11.6 Å². The minimum atomic E-state index is -0.583. The molecule has 6 heteroatoms. The summed E-state index contributed by atoms with van der Waals surface area (Å²) in [5.41, 5.74) is 6.34. The Bertz CT molecular complexity index is 566. The summed E-state index contributed by atoms with van der Waals surface area (Å²) in [6, 6.07) is 3.53. The van der Waals surface area contributed by atoms with Gasteiger partial charge in [-0.3, -0.25) is 4.79 Å². The first-order valence-electron chi connectivity index (χ1n) is 7.80. The summed E-state index contributed by atoms with van der Waals surface area (Å²) >= 11 is 0. The van der Waals surface area contributed by atoms with Crippen LogP contribution in [0.15, 0.2) is 18.2 Å². The largest absolute Gasteiger partial charge is 0.367 e. The van der Waals surface area contributed by atoms with Gasteiger partial charge in [-0.25, -0.2) is 8.78 Å². The van der Waals surface area contributed by atoms with Gasteiger partial charge in [-0.2, -0.15) is 0 Å². The summed E-state index contributed by atoms with van der Waals surface area (Å²) in [6.45, 7) is 1.18. The molecular formula is C16H21F2N3O. The summed E-state index contributed by atoms with van der Waals surface area (Å²) in [4.78, 5) is 14.1. The molecule has 1 aromatic rings.